The van der Waals surface area contributed by atoms with Crippen molar-refractivity contribution in [3.05, 3.63) is 70.7 Å². The molecule has 0 saturated carbocycles. The number of thiophene rings is 1. The summed E-state index contributed by atoms with van der Waals surface area (Å²) in [5.41, 5.74) is 2.65. The van der Waals surface area contributed by atoms with Crippen LogP contribution in [0, 0.1) is 0 Å². The number of nitrogens with one attached hydrogen (secondary N) is 1. The van der Waals surface area contributed by atoms with Gasteiger partial charge in [0, 0.05) is 22.8 Å². The molecule has 0 spiro atoms. The molecule has 0 fully saturated rings. The highest BCUT2D eigenvalue weighted by Crippen LogP contribution is 2.24. The van der Waals surface area contributed by atoms with Crippen LogP contribution in [0.25, 0.3) is 22.6 Å². The predicted molar refractivity (Wildman–Crippen MR) is 92.7 cm³/mol. The van der Waals surface area contributed by atoms with Gasteiger partial charge in [0.2, 0.25) is 5.89 Å². The molecule has 4 rings (SSSR count). The van der Waals surface area contributed by atoms with Crippen molar-refractivity contribution in [3.8, 4) is 11.5 Å². The molecule has 0 aliphatic rings. The van der Waals surface area contributed by atoms with Gasteiger partial charge in [0.15, 0.2) is 5.58 Å². The van der Waals surface area contributed by atoms with Crippen LogP contribution in [0.3, 0.4) is 0 Å². The Balaban J connectivity index is 1.57. The summed E-state index contributed by atoms with van der Waals surface area (Å²) in [5.74, 6) is 0.360. The quantitative estimate of drug-likeness (QED) is 0.614. The van der Waals surface area contributed by atoms with Gasteiger partial charge in [0.25, 0.3) is 5.91 Å². The summed E-state index contributed by atoms with van der Waals surface area (Å²) >= 11 is 1.61. The summed E-state index contributed by atoms with van der Waals surface area (Å²) in [5, 5.41) is 4.89. The van der Waals surface area contributed by atoms with Gasteiger partial charge in [0.05, 0.1) is 12.1 Å². The van der Waals surface area contributed by atoms with E-state index in [0.717, 1.165) is 10.4 Å². The monoisotopic (exact) mass is 335 g/mol. The molecule has 118 valence electrons. The minimum absolute atomic E-state index is 0.135. The minimum Gasteiger partial charge on any atom is -0.436 e. The number of aromatic nitrogens is 2. The summed E-state index contributed by atoms with van der Waals surface area (Å²) in [6.45, 7) is 0.520. The van der Waals surface area contributed by atoms with Gasteiger partial charge in [-0.05, 0) is 41.8 Å². The largest absolute Gasteiger partial charge is 0.436 e. The Kier molecular flexibility index (Phi) is 3.80. The van der Waals surface area contributed by atoms with E-state index in [1.165, 1.54) is 0 Å². The third kappa shape index (κ3) is 2.91. The van der Waals surface area contributed by atoms with E-state index >= 15 is 0 Å². The van der Waals surface area contributed by atoms with Crippen molar-refractivity contribution in [1.29, 1.82) is 0 Å². The number of hydrogen-bond donors (Lipinski definition) is 1. The van der Waals surface area contributed by atoms with Crippen LogP contribution >= 0.6 is 11.3 Å². The molecule has 4 aromatic rings. The Labute approximate surface area is 142 Å². The minimum atomic E-state index is -0.135. The zero-order valence-electron chi connectivity index (χ0n) is 12.6. The summed E-state index contributed by atoms with van der Waals surface area (Å²) < 4.78 is 5.77. The molecule has 5 nitrogen and oxygen atoms in total. The van der Waals surface area contributed by atoms with Gasteiger partial charge in [-0.2, -0.15) is 0 Å². The average molecular weight is 335 g/mol. The number of fused-ring (bicyclic) bond motifs is 1. The van der Waals surface area contributed by atoms with E-state index in [4.69, 9.17) is 4.42 Å². The van der Waals surface area contributed by atoms with E-state index in [1.807, 2.05) is 29.6 Å². The van der Waals surface area contributed by atoms with Crippen LogP contribution in [-0.4, -0.2) is 15.9 Å². The number of benzene rings is 1. The van der Waals surface area contributed by atoms with Crippen molar-refractivity contribution < 1.29 is 9.21 Å². The zero-order chi connectivity index (χ0) is 16.4. The molecule has 24 heavy (non-hydrogen) atoms. The number of hydrogen-bond acceptors (Lipinski definition) is 5. The molecule has 0 aliphatic heterocycles. The Bertz CT molecular complexity index is 978. The lowest BCUT2D eigenvalue weighted by Crippen LogP contribution is -2.22. The van der Waals surface area contributed by atoms with Gasteiger partial charge in [-0.25, -0.2) is 4.98 Å². The lowest BCUT2D eigenvalue weighted by atomic mass is 10.2. The Morgan fingerprint density at radius 1 is 1.21 bits per heavy atom. The molecule has 1 amide bonds. The average Bonchev–Trinajstić information content (AvgIpc) is 3.29. The number of nitrogens with zero attached hydrogens (tertiary/aromatic N) is 2. The summed E-state index contributed by atoms with van der Waals surface area (Å²) in [6.07, 6.45) is 3.39. The van der Waals surface area contributed by atoms with Gasteiger partial charge < -0.3 is 9.73 Å². The Hall–Kier alpha value is -2.99. The molecule has 1 N–H and O–H groups in total. The fourth-order valence-electron chi connectivity index (χ4n) is 2.36. The standard InChI is InChI=1S/C18H13N3O2S/c22-17(20-11-14-4-2-8-24-14)12-5-6-15-16(9-12)23-18(21-15)13-3-1-7-19-10-13/h1-10H,11H2,(H,20,22). The van der Waals surface area contributed by atoms with Gasteiger partial charge in [-0.1, -0.05) is 6.07 Å². The molecule has 3 aromatic heterocycles. The molecule has 0 saturated heterocycles. The lowest BCUT2D eigenvalue weighted by Gasteiger charge is -2.03. The number of oxazole rings is 1. The van der Waals surface area contributed by atoms with Crippen LogP contribution in [0.5, 0.6) is 0 Å². The summed E-state index contributed by atoms with van der Waals surface area (Å²) in [7, 11) is 0. The van der Waals surface area contributed by atoms with Crippen molar-refractivity contribution in [1.82, 2.24) is 15.3 Å². The highest BCUT2D eigenvalue weighted by atomic mass is 32.1. The third-order valence-electron chi connectivity index (χ3n) is 3.56. The highest BCUT2D eigenvalue weighted by molar-refractivity contribution is 7.09. The van der Waals surface area contributed by atoms with Crippen molar-refractivity contribution >= 4 is 28.3 Å². The van der Waals surface area contributed by atoms with E-state index in [0.29, 0.717) is 29.1 Å². The van der Waals surface area contributed by atoms with Gasteiger partial charge in [-0.3, -0.25) is 9.78 Å². The van der Waals surface area contributed by atoms with E-state index < -0.39 is 0 Å². The van der Waals surface area contributed by atoms with Crippen LogP contribution in [0.15, 0.2) is 64.7 Å². The molecule has 0 atom stereocenters. The topological polar surface area (TPSA) is 68.0 Å². The van der Waals surface area contributed by atoms with Gasteiger partial charge in [-0.15, -0.1) is 11.3 Å². The predicted octanol–water partition coefficient (Wildman–Crippen LogP) is 3.88. The number of rotatable bonds is 4. The molecule has 0 unspecified atom stereocenters. The fourth-order valence-corrected chi connectivity index (χ4v) is 3.01. The second kappa shape index (κ2) is 6.25. The number of pyridine rings is 1. The molecule has 6 heteroatoms. The SMILES string of the molecule is O=C(NCc1cccs1)c1ccc2nc(-c3cccnc3)oc2c1. The maximum Gasteiger partial charge on any atom is 0.251 e. The first kappa shape index (κ1) is 14.6. The first-order chi connectivity index (χ1) is 11.8. The third-order valence-corrected chi connectivity index (χ3v) is 4.44. The first-order valence-corrected chi connectivity index (χ1v) is 8.29. The van der Waals surface area contributed by atoms with E-state index in [-0.39, 0.29) is 5.91 Å². The Morgan fingerprint density at radius 3 is 2.96 bits per heavy atom. The molecular weight excluding hydrogens is 322 g/mol. The molecule has 0 bridgehead atoms. The van der Waals surface area contributed by atoms with Crippen molar-refractivity contribution in [2.24, 2.45) is 0 Å². The van der Waals surface area contributed by atoms with E-state index in [1.54, 1.807) is 41.9 Å². The molecular formula is C18H13N3O2S. The number of carbonyl (C=O) groups is 1. The highest BCUT2D eigenvalue weighted by Gasteiger charge is 2.12. The second-order valence-corrected chi connectivity index (χ2v) is 6.24. The van der Waals surface area contributed by atoms with Crippen molar-refractivity contribution in [2.45, 2.75) is 6.54 Å². The lowest BCUT2D eigenvalue weighted by molar-refractivity contribution is 0.0951. The first-order valence-electron chi connectivity index (χ1n) is 7.41. The van der Waals surface area contributed by atoms with Crippen LogP contribution in [0.2, 0.25) is 0 Å². The van der Waals surface area contributed by atoms with E-state index in [9.17, 15) is 4.79 Å². The molecule has 1 aromatic carbocycles. The smallest absolute Gasteiger partial charge is 0.251 e. The number of carbonyl (C=O) groups excluding carboxylic acids is 1. The van der Waals surface area contributed by atoms with Crippen LogP contribution in [-0.2, 0) is 6.54 Å². The molecule has 0 aliphatic carbocycles. The van der Waals surface area contributed by atoms with Crippen LogP contribution < -0.4 is 5.32 Å². The zero-order valence-corrected chi connectivity index (χ0v) is 13.4. The maximum atomic E-state index is 12.3. The molecule has 3 heterocycles. The van der Waals surface area contributed by atoms with Crippen LogP contribution in [0.4, 0.5) is 0 Å². The van der Waals surface area contributed by atoms with Gasteiger partial charge >= 0.3 is 0 Å². The summed E-state index contributed by atoms with van der Waals surface area (Å²) in [6, 6.07) is 12.9. The Morgan fingerprint density at radius 2 is 2.17 bits per heavy atom. The van der Waals surface area contributed by atoms with Gasteiger partial charge in [0.1, 0.15) is 5.52 Å². The van der Waals surface area contributed by atoms with Crippen molar-refractivity contribution in [3.63, 3.8) is 0 Å². The normalized spacial score (nSPS) is 10.8. The number of amides is 1. The molecule has 0 radical (unpaired) electrons. The van der Waals surface area contributed by atoms with E-state index in [2.05, 4.69) is 15.3 Å². The summed E-state index contributed by atoms with van der Waals surface area (Å²) in [4.78, 5) is 21.9. The second-order valence-electron chi connectivity index (χ2n) is 5.21. The maximum absolute atomic E-state index is 12.3. The fraction of sp³-hybridized carbons (Fsp3) is 0.0556. The van der Waals surface area contributed by atoms with Crippen molar-refractivity contribution in [2.75, 3.05) is 0 Å². The van der Waals surface area contributed by atoms with Crippen LogP contribution in [0.1, 0.15) is 15.2 Å².